The van der Waals surface area contributed by atoms with Crippen molar-refractivity contribution in [2.45, 2.75) is 25.5 Å². The molecule has 3 nitrogen and oxygen atoms in total. The number of nitrogens with zero attached hydrogens (tertiary/aromatic N) is 2. The SMILES string of the molecule is CN1CCC(C2Oc3cc(F)ccc3Cn3cccc32)CC1. The van der Waals surface area contributed by atoms with Crippen LogP contribution >= 0.6 is 0 Å². The zero-order valence-corrected chi connectivity index (χ0v) is 12.8. The van der Waals surface area contributed by atoms with Gasteiger partial charge in [0.1, 0.15) is 17.7 Å². The van der Waals surface area contributed by atoms with Crippen LogP contribution in [0.15, 0.2) is 36.5 Å². The number of aromatic nitrogens is 1. The number of benzene rings is 1. The summed E-state index contributed by atoms with van der Waals surface area (Å²) in [7, 11) is 2.16. The van der Waals surface area contributed by atoms with E-state index >= 15 is 0 Å². The molecule has 2 aromatic rings. The molecule has 0 saturated carbocycles. The quantitative estimate of drug-likeness (QED) is 0.802. The maximum absolute atomic E-state index is 13.6. The molecule has 22 heavy (non-hydrogen) atoms. The summed E-state index contributed by atoms with van der Waals surface area (Å²) in [5.41, 5.74) is 2.26. The van der Waals surface area contributed by atoms with Crippen LogP contribution in [0.5, 0.6) is 5.75 Å². The Morgan fingerprint density at radius 1 is 1.18 bits per heavy atom. The largest absolute Gasteiger partial charge is 0.483 e. The van der Waals surface area contributed by atoms with E-state index < -0.39 is 0 Å². The fourth-order valence-corrected chi connectivity index (χ4v) is 3.65. The highest BCUT2D eigenvalue weighted by Crippen LogP contribution is 2.39. The Hall–Kier alpha value is -1.81. The highest BCUT2D eigenvalue weighted by atomic mass is 19.1. The van der Waals surface area contributed by atoms with Gasteiger partial charge in [0.15, 0.2) is 0 Å². The van der Waals surface area contributed by atoms with Crippen LogP contribution in [0.2, 0.25) is 0 Å². The first-order chi connectivity index (χ1) is 10.7. The van der Waals surface area contributed by atoms with Crippen molar-refractivity contribution >= 4 is 0 Å². The zero-order valence-electron chi connectivity index (χ0n) is 12.8. The molecule has 2 aliphatic rings. The molecule has 0 radical (unpaired) electrons. The van der Waals surface area contributed by atoms with Gasteiger partial charge >= 0.3 is 0 Å². The Balaban J connectivity index is 1.71. The summed E-state index contributed by atoms with van der Waals surface area (Å²) in [6.07, 6.45) is 4.36. The van der Waals surface area contributed by atoms with E-state index in [1.165, 1.54) is 17.8 Å². The van der Waals surface area contributed by atoms with E-state index in [0.29, 0.717) is 11.7 Å². The lowest BCUT2D eigenvalue weighted by Crippen LogP contribution is -2.34. The lowest BCUT2D eigenvalue weighted by atomic mass is 9.89. The fourth-order valence-electron chi connectivity index (χ4n) is 3.65. The Morgan fingerprint density at radius 3 is 2.82 bits per heavy atom. The van der Waals surface area contributed by atoms with Crippen molar-refractivity contribution in [3.63, 3.8) is 0 Å². The standard InChI is InChI=1S/C18H21FN2O/c1-20-9-6-13(7-10-20)18-16-3-2-8-21(16)12-14-4-5-15(19)11-17(14)22-18/h2-5,8,11,13,18H,6-7,9-10,12H2,1H3. The van der Waals surface area contributed by atoms with Crippen LogP contribution in [0.1, 0.15) is 30.2 Å². The van der Waals surface area contributed by atoms with E-state index in [2.05, 4.69) is 34.8 Å². The van der Waals surface area contributed by atoms with Gasteiger partial charge in [-0.05, 0) is 51.2 Å². The number of likely N-dealkylation sites (tertiary alicyclic amines) is 1. The molecule has 116 valence electrons. The molecule has 0 amide bonds. The molecule has 2 aliphatic heterocycles. The average molecular weight is 300 g/mol. The molecule has 0 bridgehead atoms. The minimum atomic E-state index is -0.229. The van der Waals surface area contributed by atoms with Gasteiger partial charge in [0, 0.05) is 23.7 Å². The molecular weight excluding hydrogens is 279 g/mol. The van der Waals surface area contributed by atoms with Crippen LogP contribution in [0.3, 0.4) is 0 Å². The Morgan fingerprint density at radius 2 is 2.00 bits per heavy atom. The first-order valence-corrected chi connectivity index (χ1v) is 7.99. The molecule has 1 unspecified atom stereocenters. The zero-order chi connectivity index (χ0) is 15.1. The van der Waals surface area contributed by atoms with Crippen molar-refractivity contribution in [1.82, 2.24) is 9.47 Å². The van der Waals surface area contributed by atoms with Crippen LogP contribution in [-0.2, 0) is 6.54 Å². The number of halogens is 1. The Labute approximate surface area is 130 Å². The number of piperidine rings is 1. The molecule has 4 rings (SSSR count). The molecule has 1 fully saturated rings. The normalized spacial score (nSPS) is 22.5. The van der Waals surface area contributed by atoms with Gasteiger partial charge in [-0.15, -0.1) is 0 Å². The van der Waals surface area contributed by atoms with Gasteiger partial charge < -0.3 is 14.2 Å². The van der Waals surface area contributed by atoms with Crippen molar-refractivity contribution in [2.24, 2.45) is 5.92 Å². The van der Waals surface area contributed by atoms with Gasteiger partial charge in [-0.2, -0.15) is 0 Å². The van der Waals surface area contributed by atoms with E-state index in [9.17, 15) is 4.39 Å². The van der Waals surface area contributed by atoms with Crippen LogP contribution in [0.25, 0.3) is 0 Å². The van der Waals surface area contributed by atoms with Crippen molar-refractivity contribution in [3.05, 3.63) is 53.6 Å². The van der Waals surface area contributed by atoms with Gasteiger partial charge in [0.25, 0.3) is 0 Å². The number of ether oxygens (including phenoxy) is 1. The maximum Gasteiger partial charge on any atom is 0.141 e. The summed E-state index contributed by atoms with van der Waals surface area (Å²) < 4.78 is 22.2. The topological polar surface area (TPSA) is 17.4 Å². The van der Waals surface area contributed by atoms with Gasteiger partial charge in [0.2, 0.25) is 0 Å². The molecule has 1 saturated heterocycles. The minimum Gasteiger partial charge on any atom is -0.483 e. The predicted molar refractivity (Wildman–Crippen MR) is 83.5 cm³/mol. The van der Waals surface area contributed by atoms with Crippen molar-refractivity contribution in [3.8, 4) is 5.75 Å². The van der Waals surface area contributed by atoms with E-state index in [1.54, 1.807) is 0 Å². The third kappa shape index (κ3) is 2.41. The highest BCUT2D eigenvalue weighted by Gasteiger charge is 2.32. The summed E-state index contributed by atoms with van der Waals surface area (Å²) in [4.78, 5) is 2.36. The summed E-state index contributed by atoms with van der Waals surface area (Å²) >= 11 is 0. The lowest BCUT2D eigenvalue weighted by Gasteiger charge is -2.34. The predicted octanol–water partition coefficient (Wildman–Crippen LogP) is 3.45. The smallest absolute Gasteiger partial charge is 0.141 e. The Kier molecular flexibility index (Phi) is 3.41. The third-order valence-corrected chi connectivity index (χ3v) is 4.97. The maximum atomic E-state index is 13.6. The molecule has 4 heteroatoms. The molecule has 0 aliphatic carbocycles. The van der Waals surface area contributed by atoms with Crippen molar-refractivity contribution in [2.75, 3.05) is 20.1 Å². The molecule has 1 aromatic heterocycles. The van der Waals surface area contributed by atoms with Gasteiger partial charge in [0.05, 0.1) is 12.2 Å². The molecule has 1 aromatic carbocycles. The van der Waals surface area contributed by atoms with E-state index in [4.69, 9.17) is 4.74 Å². The summed E-state index contributed by atoms with van der Waals surface area (Å²) in [5.74, 6) is 0.958. The lowest BCUT2D eigenvalue weighted by molar-refractivity contribution is 0.0820. The van der Waals surface area contributed by atoms with Crippen molar-refractivity contribution in [1.29, 1.82) is 0 Å². The minimum absolute atomic E-state index is 0.0201. The molecule has 1 atom stereocenters. The monoisotopic (exact) mass is 300 g/mol. The first-order valence-electron chi connectivity index (χ1n) is 7.99. The molecule has 3 heterocycles. The fraction of sp³-hybridized carbons (Fsp3) is 0.444. The number of rotatable bonds is 1. The summed E-state index contributed by atoms with van der Waals surface area (Å²) in [5, 5.41) is 0. The molecule has 0 spiro atoms. The second-order valence-corrected chi connectivity index (χ2v) is 6.49. The van der Waals surface area contributed by atoms with Crippen LogP contribution in [0.4, 0.5) is 4.39 Å². The van der Waals surface area contributed by atoms with Crippen LogP contribution in [0, 0.1) is 11.7 Å². The number of hydrogen-bond acceptors (Lipinski definition) is 2. The second-order valence-electron chi connectivity index (χ2n) is 6.49. The van der Waals surface area contributed by atoms with E-state index in [0.717, 1.165) is 38.0 Å². The molecular formula is C18H21FN2O. The second kappa shape index (κ2) is 5.43. The Bertz CT molecular complexity index is 673. The highest BCUT2D eigenvalue weighted by molar-refractivity contribution is 5.37. The number of hydrogen-bond donors (Lipinski definition) is 0. The van der Waals surface area contributed by atoms with Crippen LogP contribution < -0.4 is 4.74 Å². The van der Waals surface area contributed by atoms with Gasteiger partial charge in [-0.25, -0.2) is 4.39 Å². The average Bonchev–Trinajstić information content (AvgIpc) is 2.91. The van der Waals surface area contributed by atoms with Crippen LogP contribution in [-0.4, -0.2) is 29.6 Å². The number of fused-ring (bicyclic) bond motifs is 2. The van der Waals surface area contributed by atoms with Crippen molar-refractivity contribution < 1.29 is 9.13 Å². The summed E-state index contributed by atoms with van der Waals surface area (Å²) in [6.45, 7) is 2.95. The van der Waals surface area contributed by atoms with Gasteiger partial charge in [-0.3, -0.25) is 0 Å². The first kappa shape index (κ1) is 13.8. The third-order valence-electron chi connectivity index (χ3n) is 4.97. The van der Waals surface area contributed by atoms with E-state index in [1.807, 2.05) is 6.07 Å². The summed E-state index contributed by atoms with van der Waals surface area (Å²) in [6, 6.07) is 9.11. The van der Waals surface area contributed by atoms with E-state index in [-0.39, 0.29) is 11.9 Å². The van der Waals surface area contributed by atoms with Gasteiger partial charge in [-0.1, -0.05) is 6.07 Å². The molecule has 0 N–H and O–H groups in total.